The van der Waals surface area contributed by atoms with Gasteiger partial charge in [0.15, 0.2) is 0 Å². The Labute approximate surface area is 192 Å². The zero-order valence-electron chi connectivity index (χ0n) is 19.5. The van der Waals surface area contributed by atoms with Crippen LogP contribution in [-0.2, 0) is 16.0 Å². The summed E-state index contributed by atoms with van der Waals surface area (Å²) in [7, 11) is 1.75. The first-order valence-electron chi connectivity index (χ1n) is 12.1. The van der Waals surface area contributed by atoms with Crippen LogP contribution >= 0.6 is 0 Å². The lowest BCUT2D eigenvalue weighted by molar-refractivity contribution is -0.148. The Hall–Kier alpha value is -1.92. The smallest absolute Gasteiger partial charge is 0.228 e. The third-order valence-electron chi connectivity index (χ3n) is 7.15. The van der Waals surface area contributed by atoms with Gasteiger partial charge >= 0.3 is 0 Å². The van der Waals surface area contributed by atoms with Crippen LogP contribution in [0.15, 0.2) is 36.2 Å². The Morgan fingerprint density at radius 1 is 1.22 bits per heavy atom. The Kier molecular flexibility index (Phi) is 9.54. The van der Waals surface area contributed by atoms with Gasteiger partial charge in [-0.3, -0.25) is 4.79 Å². The summed E-state index contributed by atoms with van der Waals surface area (Å²) in [6.07, 6.45) is 11.2. The van der Waals surface area contributed by atoms with Crippen molar-refractivity contribution in [3.05, 3.63) is 41.7 Å². The van der Waals surface area contributed by atoms with Gasteiger partial charge in [-0.1, -0.05) is 31.4 Å². The van der Waals surface area contributed by atoms with E-state index >= 15 is 0 Å². The highest BCUT2D eigenvalue weighted by Crippen LogP contribution is 2.42. The highest BCUT2D eigenvalue weighted by Gasteiger charge is 2.42. The van der Waals surface area contributed by atoms with E-state index in [1.807, 2.05) is 12.1 Å². The molecule has 1 aromatic carbocycles. The number of hydrogen-bond donors (Lipinski definition) is 1. The van der Waals surface area contributed by atoms with Gasteiger partial charge < -0.3 is 20.1 Å². The fourth-order valence-electron chi connectivity index (χ4n) is 5.14. The molecule has 3 rings (SSSR count). The van der Waals surface area contributed by atoms with E-state index in [2.05, 4.69) is 17.0 Å². The average Bonchev–Trinajstić information content (AvgIpc) is 2.85. The molecule has 5 nitrogen and oxygen atoms in total. The molecule has 1 atom stereocenters. The maximum Gasteiger partial charge on any atom is 0.228 e. The van der Waals surface area contributed by atoms with E-state index in [0.717, 1.165) is 70.9 Å². The summed E-state index contributed by atoms with van der Waals surface area (Å²) in [5, 5.41) is 0. The fraction of sp³-hybridized carbons (Fsp3) is 0.654. The van der Waals surface area contributed by atoms with E-state index in [9.17, 15) is 9.18 Å². The summed E-state index contributed by atoms with van der Waals surface area (Å²) in [5.41, 5.74) is 6.92. The lowest BCUT2D eigenvalue weighted by Crippen LogP contribution is -2.50. The van der Waals surface area contributed by atoms with Crippen molar-refractivity contribution in [3.8, 4) is 5.75 Å². The van der Waals surface area contributed by atoms with Crippen LogP contribution in [0.3, 0.4) is 0 Å². The van der Waals surface area contributed by atoms with Crippen molar-refractivity contribution < 1.29 is 18.7 Å². The Morgan fingerprint density at radius 3 is 2.62 bits per heavy atom. The maximum absolute atomic E-state index is 13.6. The number of likely N-dealkylation sites (tertiary alicyclic amines) is 1. The standard InChI is InChI=1S/C26H39FN2O3/c1-31-24-8-6-16-29(19-24)25(30)26(13-3-2-4-14-26)15-5-7-21-9-11-23(12-10-21)32-20-22(17-27)18-28/h9-12,17,24H,2-8,13-16,18-20,28H2,1H3/b22-17+. The monoisotopic (exact) mass is 446 g/mol. The molecule has 1 aliphatic carbocycles. The molecule has 1 aliphatic heterocycles. The number of nitrogens with zero attached hydrogens (tertiary/aromatic N) is 1. The molecule has 178 valence electrons. The largest absolute Gasteiger partial charge is 0.489 e. The number of carbonyl (C=O) groups is 1. The number of methoxy groups -OCH3 is 1. The van der Waals surface area contributed by atoms with E-state index in [1.165, 1.54) is 12.0 Å². The first kappa shape index (κ1) is 24.7. The van der Waals surface area contributed by atoms with E-state index < -0.39 is 0 Å². The van der Waals surface area contributed by atoms with Gasteiger partial charge in [0.1, 0.15) is 12.4 Å². The molecule has 2 fully saturated rings. The Balaban J connectivity index is 1.55. The molecule has 0 radical (unpaired) electrons. The number of piperidine rings is 1. The zero-order chi connectivity index (χ0) is 22.8. The van der Waals surface area contributed by atoms with Crippen molar-refractivity contribution in [1.82, 2.24) is 4.90 Å². The second-order valence-corrected chi connectivity index (χ2v) is 9.35. The van der Waals surface area contributed by atoms with Crippen molar-refractivity contribution in [3.63, 3.8) is 0 Å². The molecule has 1 heterocycles. The number of carbonyl (C=O) groups excluding carboxylic acids is 1. The molecular weight excluding hydrogens is 407 g/mol. The number of amides is 1. The molecule has 2 aliphatic rings. The fourth-order valence-corrected chi connectivity index (χ4v) is 5.14. The van der Waals surface area contributed by atoms with Crippen molar-refractivity contribution in [1.29, 1.82) is 0 Å². The van der Waals surface area contributed by atoms with Gasteiger partial charge in [0, 0.05) is 37.7 Å². The van der Waals surface area contributed by atoms with Gasteiger partial charge in [-0.2, -0.15) is 0 Å². The Morgan fingerprint density at radius 2 is 1.97 bits per heavy atom. The van der Waals surface area contributed by atoms with Crippen molar-refractivity contribution in [2.75, 3.05) is 33.4 Å². The van der Waals surface area contributed by atoms with Crippen LogP contribution in [0.5, 0.6) is 5.75 Å². The minimum Gasteiger partial charge on any atom is -0.489 e. The second-order valence-electron chi connectivity index (χ2n) is 9.35. The molecule has 1 unspecified atom stereocenters. The SMILES string of the molecule is COC1CCCN(C(=O)C2(CCCc3ccc(OC/C(=C/F)CN)cc3)CCCCC2)C1. The third-order valence-corrected chi connectivity index (χ3v) is 7.15. The number of benzene rings is 1. The van der Waals surface area contributed by atoms with Gasteiger partial charge in [0.05, 0.1) is 12.4 Å². The van der Waals surface area contributed by atoms with Crippen molar-refractivity contribution in [2.45, 2.75) is 70.3 Å². The number of aryl methyl sites for hydroxylation is 1. The first-order chi connectivity index (χ1) is 15.6. The van der Waals surface area contributed by atoms with E-state index in [0.29, 0.717) is 23.6 Å². The minimum atomic E-state index is -0.200. The van der Waals surface area contributed by atoms with Gasteiger partial charge in [-0.05, 0) is 62.6 Å². The van der Waals surface area contributed by atoms with Crippen molar-refractivity contribution in [2.24, 2.45) is 11.1 Å². The molecule has 1 saturated carbocycles. The molecule has 1 aromatic rings. The summed E-state index contributed by atoms with van der Waals surface area (Å²) in [6, 6.07) is 7.95. The quantitative estimate of drug-likeness (QED) is 0.561. The predicted octanol–water partition coefficient (Wildman–Crippen LogP) is 4.79. The molecule has 1 saturated heterocycles. The van der Waals surface area contributed by atoms with Gasteiger partial charge in [0.2, 0.25) is 5.91 Å². The number of rotatable bonds is 10. The maximum atomic E-state index is 13.6. The summed E-state index contributed by atoms with van der Waals surface area (Å²) in [5.74, 6) is 1.07. The molecule has 0 bridgehead atoms. The number of halogens is 1. The summed E-state index contributed by atoms with van der Waals surface area (Å²) < 4.78 is 23.7. The van der Waals surface area contributed by atoms with Crippen LogP contribution in [-0.4, -0.2) is 50.3 Å². The highest BCUT2D eigenvalue weighted by atomic mass is 19.1. The van der Waals surface area contributed by atoms with Crippen LogP contribution < -0.4 is 10.5 Å². The summed E-state index contributed by atoms with van der Waals surface area (Å²) in [4.78, 5) is 15.7. The normalized spacial score (nSPS) is 21.4. The molecule has 0 spiro atoms. The van der Waals surface area contributed by atoms with Crippen LogP contribution in [0.4, 0.5) is 4.39 Å². The molecule has 32 heavy (non-hydrogen) atoms. The minimum absolute atomic E-state index is 0.151. The van der Waals surface area contributed by atoms with Crippen LogP contribution in [0.25, 0.3) is 0 Å². The second kappa shape index (κ2) is 12.4. The average molecular weight is 447 g/mol. The first-order valence-corrected chi connectivity index (χ1v) is 12.1. The highest BCUT2D eigenvalue weighted by molar-refractivity contribution is 5.83. The Bertz CT molecular complexity index is 744. The van der Waals surface area contributed by atoms with Crippen molar-refractivity contribution >= 4 is 5.91 Å². The summed E-state index contributed by atoms with van der Waals surface area (Å²) >= 11 is 0. The summed E-state index contributed by atoms with van der Waals surface area (Å²) in [6.45, 7) is 1.92. The van der Waals surface area contributed by atoms with E-state index in [-0.39, 0.29) is 24.7 Å². The van der Waals surface area contributed by atoms with E-state index in [4.69, 9.17) is 15.2 Å². The van der Waals surface area contributed by atoms with E-state index in [1.54, 1.807) is 7.11 Å². The van der Waals surface area contributed by atoms with Gasteiger partial charge in [0.25, 0.3) is 0 Å². The lowest BCUT2D eigenvalue weighted by atomic mass is 9.69. The van der Waals surface area contributed by atoms with Crippen LogP contribution in [0.2, 0.25) is 0 Å². The predicted molar refractivity (Wildman–Crippen MR) is 125 cm³/mol. The zero-order valence-corrected chi connectivity index (χ0v) is 19.5. The number of hydrogen-bond acceptors (Lipinski definition) is 4. The third kappa shape index (κ3) is 6.55. The lowest BCUT2D eigenvalue weighted by Gasteiger charge is -2.42. The number of nitrogens with two attached hydrogens (primary N) is 1. The molecule has 6 heteroatoms. The topological polar surface area (TPSA) is 64.8 Å². The molecule has 0 aromatic heterocycles. The van der Waals surface area contributed by atoms with Gasteiger partial charge in [-0.25, -0.2) is 4.39 Å². The van der Waals surface area contributed by atoms with Crippen LogP contribution in [0.1, 0.15) is 63.4 Å². The molecule has 2 N–H and O–H groups in total. The van der Waals surface area contributed by atoms with Crippen LogP contribution in [0, 0.1) is 5.41 Å². The molecular formula is C26H39FN2O3. The van der Waals surface area contributed by atoms with Gasteiger partial charge in [-0.15, -0.1) is 0 Å². The molecule has 1 amide bonds. The number of ether oxygens (including phenoxy) is 2.